The third kappa shape index (κ3) is 3.45. The number of benzene rings is 1. The Balaban J connectivity index is 2.73. The molecule has 0 aliphatic rings. The Bertz CT molecular complexity index is 311. The van der Waals surface area contributed by atoms with Crippen LogP contribution in [-0.4, -0.2) is 12.4 Å². The van der Waals surface area contributed by atoms with Crippen molar-refractivity contribution in [3.8, 4) is 5.75 Å². The Kier molecular flexibility index (Phi) is 4.09. The second kappa shape index (κ2) is 4.93. The molecule has 1 rings (SSSR count). The van der Waals surface area contributed by atoms with E-state index in [4.69, 9.17) is 4.74 Å². The molecule has 0 N–H and O–H groups in total. The fraction of sp³-hybridized carbons (Fsp3) is 0.538. The van der Waals surface area contributed by atoms with Gasteiger partial charge in [0.25, 0.3) is 0 Å². The molecule has 0 bridgehead atoms. The highest BCUT2D eigenvalue weighted by molar-refractivity contribution is 7.80. The normalized spacial score (nSPS) is 11.5. The fourth-order valence-corrected chi connectivity index (χ4v) is 1.43. The standard InChI is InChI=1S/C13H20OS/c1-10-6-5-7-11(2)12(10)14-8-13(3,4)9-15/h5-7,15H,8-9H2,1-4H3. The van der Waals surface area contributed by atoms with Gasteiger partial charge < -0.3 is 4.74 Å². The average Bonchev–Trinajstić information content (AvgIpc) is 2.17. The molecular formula is C13H20OS. The van der Waals surface area contributed by atoms with Gasteiger partial charge in [-0.2, -0.15) is 12.6 Å². The zero-order chi connectivity index (χ0) is 11.5. The van der Waals surface area contributed by atoms with Crippen molar-refractivity contribution in [2.24, 2.45) is 5.41 Å². The molecule has 0 heterocycles. The van der Waals surface area contributed by atoms with Gasteiger partial charge in [0.15, 0.2) is 0 Å². The first-order chi connectivity index (χ1) is 6.96. The maximum Gasteiger partial charge on any atom is 0.125 e. The average molecular weight is 224 g/mol. The number of ether oxygens (including phenoxy) is 1. The summed E-state index contributed by atoms with van der Waals surface area (Å²) in [5, 5.41) is 0. The maximum atomic E-state index is 5.87. The smallest absolute Gasteiger partial charge is 0.125 e. The van der Waals surface area contributed by atoms with Gasteiger partial charge in [-0.15, -0.1) is 0 Å². The van der Waals surface area contributed by atoms with Crippen molar-refractivity contribution in [3.05, 3.63) is 29.3 Å². The Hall–Kier alpha value is -0.630. The van der Waals surface area contributed by atoms with E-state index in [-0.39, 0.29) is 5.41 Å². The number of hydrogen-bond donors (Lipinski definition) is 1. The molecule has 1 aromatic rings. The molecular weight excluding hydrogens is 204 g/mol. The summed E-state index contributed by atoms with van der Waals surface area (Å²) in [5.74, 6) is 1.85. The van der Waals surface area contributed by atoms with Crippen LogP contribution >= 0.6 is 12.6 Å². The molecule has 0 spiro atoms. The molecule has 15 heavy (non-hydrogen) atoms. The third-order valence-corrected chi connectivity index (χ3v) is 3.30. The van der Waals surface area contributed by atoms with Crippen LogP contribution in [0.2, 0.25) is 0 Å². The highest BCUT2D eigenvalue weighted by Gasteiger charge is 2.17. The molecule has 0 amide bonds. The Labute approximate surface area is 98.3 Å². The van der Waals surface area contributed by atoms with Crippen LogP contribution in [0.25, 0.3) is 0 Å². The second-order valence-corrected chi connectivity index (χ2v) is 5.15. The summed E-state index contributed by atoms with van der Waals surface area (Å²) in [6.07, 6.45) is 0. The van der Waals surface area contributed by atoms with Crippen LogP contribution in [0.15, 0.2) is 18.2 Å². The van der Waals surface area contributed by atoms with Gasteiger partial charge in [-0.25, -0.2) is 0 Å². The van der Waals surface area contributed by atoms with Gasteiger partial charge in [0, 0.05) is 5.41 Å². The Morgan fingerprint density at radius 3 is 2.20 bits per heavy atom. The third-order valence-electron chi connectivity index (χ3n) is 2.44. The number of hydrogen-bond acceptors (Lipinski definition) is 2. The van der Waals surface area contributed by atoms with E-state index in [2.05, 4.69) is 58.5 Å². The Morgan fingerprint density at radius 2 is 1.73 bits per heavy atom. The lowest BCUT2D eigenvalue weighted by Gasteiger charge is -2.23. The largest absolute Gasteiger partial charge is 0.492 e. The van der Waals surface area contributed by atoms with Crippen molar-refractivity contribution in [1.29, 1.82) is 0 Å². The highest BCUT2D eigenvalue weighted by Crippen LogP contribution is 2.25. The minimum Gasteiger partial charge on any atom is -0.492 e. The van der Waals surface area contributed by atoms with Crippen LogP contribution in [0.5, 0.6) is 5.75 Å². The van der Waals surface area contributed by atoms with Gasteiger partial charge in [0.05, 0.1) is 6.61 Å². The lowest BCUT2D eigenvalue weighted by molar-refractivity contribution is 0.200. The van der Waals surface area contributed by atoms with Gasteiger partial charge >= 0.3 is 0 Å². The molecule has 1 nitrogen and oxygen atoms in total. The molecule has 0 aromatic heterocycles. The van der Waals surface area contributed by atoms with Gasteiger partial charge in [-0.05, 0) is 30.7 Å². The summed E-state index contributed by atoms with van der Waals surface area (Å²) < 4.78 is 5.87. The predicted octanol–water partition coefficient (Wildman–Crippen LogP) is 3.64. The van der Waals surface area contributed by atoms with Crippen molar-refractivity contribution in [2.75, 3.05) is 12.4 Å². The number of aryl methyl sites for hydroxylation is 2. The first-order valence-corrected chi connectivity index (χ1v) is 5.89. The monoisotopic (exact) mass is 224 g/mol. The van der Waals surface area contributed by atoms with Crippen molar-refractivity contribution in [2.45, 2.75) is 27.7 Å². The van der Waals surface area contributed by atoms with E-state index < -0.39 is 0 Å². The van der Waals surface area contributed by atoms with Crippen molar-refractivity contribution < 1.29 is 4.74 Å². The molecule has 0 aliphatic carbocycles. The molecule has 0 saturated carbocycles. The van der Waals surface area contributed by atoms with Crippen molar-refractivity contribution >= 4 is 12.6 Å². The molecule has 84 valence electrons. The SMILES string of the molecule is Cc1cccc(C)c1OCC(C)(C)CS. The van der Waals surface area contributed by atoms with E-state index in [1.165, 1.54) is 11.1 Å². The first-order valence-electron chi connectivity index (χ1n) is 5.26. The summed E-state index contributed by atoms with van der Waals surface area (Å²) in [6, 6.07) is 6.22. The molecule has 0 unspecified atom stereocenters. The van der Waals surface area contributed by atoms with Crippen molar-refractivity contribution in [1.82, 2.24) is 0 Å². The molecule has 0 aliphatic heterocycles. The van der Waals surface area contributed by atoms with E-state index in [0.29, 0.717) is 6.61 Å². The Morgan fingerprint density at radius 1 is 1.20 bits per heavy atom. The first kappa shape index (κ1) is 12.4. The summed E-state index contributed by atoms with van der Waals surface area (Å²) in [4.78, 5) is 0. The molecule has 0 atom stereocenters. The lowest BCUT2D eigenvalue weighted by Crippen LogP contribution is -2.23. The highest BCUT2D eigenvalue weighted by atomic mass is 32.1. The van der Waals surface area contributed by atoms with Crippen LogP contribution in [-0.2, 0) is 0 Å². The van der Waals surface area contributed by atoms with Gasteiger partial charge in [0.1, 0.15) is 5.75 Å². The molecule has 0 saturated heterocycles. The second-order valence-electron chi connectivity index (χ2n) is 4.83. The fourth-order valence-electron chi connectivity index (χ4n) is 1.34. The van der Waals surface area contributed by atoms with E-state index in [9.17, 15) is 0 Å². The number of para-hydroxylation sites is 1. The quantitative estimate of drug-likeness (QED) is 0.768. The maximum absolute atomic E-state index is 5.87. The molecule has 1 aromatic carbocycles. The number of rotatable bonds is 4. The van der Waals surface area contributed by atoms with Crippen molar-refractivity contribution in [3.63, 3.8) is 0 Å². The van der Waals surface area contributed by atoms with E-state index in [1.807, 2.05) is 0 Å². The van der Waals surface area contributed by atoms with Gasteiger partial charge in [-0.3, -0.25) is 0 Å². The van der Waals surface area contributed by atoms with Crippen LogP contribution in [0.1, 0.15) is 25.0 Å². The summed E-state index contributed by atoms with van der Waals surface area (Å²) in [5.41, 5.74) is 2.52. The van der Waals surface area contributed by atoms with Crippen LogP contribution in [0.4, 0.5) is 0 Å². The minimum absolute atomic E-state index is 0.123. The zero-order valence-electron chi connectivity index (χ0n) is 10.0. The van der Waals surface area contributed by atoms with Gasteiger partial charge in [0.2, 0.25) is 0 Å². The van der Waals surface area contributed by atoms with E-state index in [0.717, 1.165) is 11.5 Å². The van der Waals surface area contributed by atoms with Crippen LogP contribution in [0.3, 0.4) is 0 Å². The zero-order valence-corrected chi connectivity index (χ0v) is 10.9. The summed E-state index contributed by atoms with van der Waals surface area (Å²) in [6.45, 7) is 9.19. The molecule has 2 heteroatoms. The topological polar surface area (TPSA) is 9.23 Å². The molecule has 0 fully saturated rings. The minimum atomic E-state index is 0.123. The van der Waals surface area contributed by atoms with Crippen LogP contribution in [0, 0.1) is 19.3 Å². The predicted molar refractivity (Wildman–Crippen MR) is 69.0 cm³/mol. The van der Waals surface area contributed by atoms with Gasteiger partial charge in [-0.1, -0.05) is 32.0 Å². The molecule has 0 radical (unpaired) electrons. The summed E-state index contributed by atoms with van der Waals surface area (Å²) >= 11 is 4.32. The summed E-state index contributed by atoms with van der Waals surface area (Å²) in [7, 11) is 0. The number of thiol groups is 1. The van der Waals surface area contributed by atoms with E-state index >= 15 is 0 Å². The lowest BCUT2D eigenvalue weighted by atomic mass is 9.98. The van der Waals surface area contributed by atoms with E-state index in [1.54, 1.807) is 0 Å². The van der Waals surface area contributed by atoms with Crippen LogP contribution < -0.4 is 4.74 Å².